The van der Waals surface area contributed by atoms with Crippen LogP contribution < -0.4 is 14.8 Å². The molecule has 0 aliphatic rings. The lowest BCUT2D eigenvalue weighted by atomic mass is 9.86. The molecule has 0 spiro atoms. The Morgan fingerprint density at radius 1 is 1.31 bits per heavy atom. The summed E-state index contributed by atoms with van der Waals surface area (Å²) in [5, 5.41) is 13.4. The number of imidazole rings is 1. The second kappa shape index (κ2) is 9.59. The molecule has 0 aliphatic heterocycles. The number of aromatic nitrogens is 2. The molecule has 0 amide bonds. The number of ether oxygens (including phenoxy) is 2. The van der Waals surface area contributed by atoms with Gasteiger partial charge in [0.1, 0.15) is 24.2 Å². The lowest BCUT2D eigenvalue weighted by Crippen LogP contribution is -2.32. The summed E-state index contributed by atoms with van der Waals surface area (Å²) >= 11 is 0. The zero-order valence-electron chi connectivity index (χ0n) is 16.2. The minimum absolute atomic E-state index is 0.0690. The third-order valence-corrected chi connectivity index (χ3v) is 4.13. The maximum Gasteiger partial charge on any atom is 0.123 e. The van der Waals surface area contributed by atoms with Gasteiger partial charge in [-0.25, -0.2) is 4.98 Å². The van der Waals surface area contributed by atoms with Crippen molar-refractivity contribution in [3.63, 3.8) is 0 Å². The number of hydrogen-bond acceptors (Lipinski definition) is 5. The molecule has 1 aromatic heterocycles. The molecule has 2 rings (SSSR count). The molecule has 1 aromatic carbocycles. The monoisotopic (exact) mass is 361 g/mol. The summed E-state index contributed by atoms with van der Waals surface area (Å²) in [6, 6.07) is 5.78. The summed E-state index contributed by atoms with van der Waals surface area (Å²) in [5.41, 5.74) is 0.998. The fraction of sp³-hybridized carbons (Fsp3) is 0.550. The van der Waals surface area contributed by atoms with Gasteiger partial charge in [-0.1, -0.05) is 20.8 Å². The number of benzene rings is 1. The Labute approximate surface area is 156 Å². The first-order valence-corrected chi connectivity index (χ1v) is 9.06. The van der Waals surface area contributed by atoms with E-state index in [4.69, 9.17) is 9.47 Å². The topological polar surface area (TPSA) is 68.5 Å². The van der Waals surface area contributed by atoms with E-state index >= 15 is 0 Å². The van der Waals surface area contributed by atoms with Crippen molar-refractivity contribution in [2.45, 2.75) is 45.3 Å². The van der Waals surface area contributed by atoms with Gasteiger partial charge >= 0.3 is 0 Å². The van der Waals surface area contributed by atoms with E-state index in [2.05, 4.69) is 31.1 Å². The summed E-state index contributed by atoms with van der Waals surface area (Å²) in [4.78, 5) is 4.02. The van der Waals surface area contributed by atoms with Crippen LogP contribution in [0.2, 0.25) is 0 Å². The number of rotatable bonds is 10. The zero-order valence-corrected chi connectivity index (χ0v) is 16.2. The quantitative estimate of drug-likeness (QED) is 0.637. The molecule has 0 radical (unpaired) electrons. The SMILES string of the molecule is COc1ccc(OC[C@@H](O)CNCCCn2ccnc2)c(C(C)(C)C)c1. The second-order valence-electron chi connectivity index (χ2n) is 7.44. The number of methoxy groups -OCH3 is 1. The maximum absolute atomic E-state index is 10.2. The van der Waals surface area contributed by atoms with E-state index in [1.807, 2.05) is 35.3 Å². The number of nitrogens with one attached hydrogen (secondary N) is 1. The van der Waals surface area contributed by atoms with E-state index in [9.17, 15) is 5.11 Å². The molecule has 0 unspecified atom stereocenters. The Balaban J connectivity index is 1.75. The Morgan fingerprint density at radius 2 is 2.12 bits per heavy atom. The Bertz CT molecular complexity index is 651. The fourth-order valence-corrected chi connectivity index (χ4v) is 2.67. The molecule has 26 heavy (non-hydrogen) atoms. The van der Waals surface area contributed by atoms with Crippen molar-refractivity contribution in [1.82, 2.24) is 14.9 Å². The smallest absolute Gasteiger partial charge is 0.123 e. The van der Waals surface area contributed by atoms with Crippen molar-refractivity contribution >= 4 is 0 Å². The highest BCUT2D eigenvalue weighted by molar-refractivity contribution is 5.44. The highest BCUT2D eigenvalue weighted by Crippen LogP contribution is 2.34. The molecule has 0 fully saturated rings. The van der Waals surface area contributed by atoms with Gasteiger partial charge in [-0.2, -0.15) is 0 Å². The maximum atomic E-state index is 10.2. The van der Waals surface area contributed by atoms with Crippen LogP contribution in [0.3, 0.4) is 0 Å². The lowest BCUT2D eigenvalue weighted by molar-refractivity contribution is 0.105. The molecule has 0 bridgehead atoms. The van der Waals surface area contributed by atoms with E-state index in [-0.39, 0.29) is 12.0 Å². The molecule has 0 aliphatic carbocycles. The van der Waals surface area contributed by atoms with Crippen LogP contribution in [0.1, 0.15) is 32.8 Å². The van der Waals surface area contributed by atoms with Crippen LogP contribution in [0.5, 0.6) is 11.5 Å². The van der Waals surface area contributed by atoms with Crippen molar-refractivity contribution in [1.29, 1.82) is 0 Å². The van der Waals surface area contributed by atoms with Crippen molar-refractivity contribution in [2.75, 3.05) is 26.8 Å². The first-order valence-electron chi connectivity index (χ1n) is 9.06. The van der Waals surface area contributed by atoms with E-state index < -0.39 is 6.10 Å². The van der Waals surface area contributed by atoms with Crippen LogP contribution in [0.4, 0.5) is 0 Å². The van der Waals surface area contributed by atoms with Gasteiger partial charge in [-0.15, -0.1) is 0 Å². The summed E-state index contributed by atoms with van der Waals surface area (Å²) < 4.78 is 13.2. The fourth-order valence-electron chi connectivity index (χ4n) is 2.67. The van der Waals surface area contributed by atoms with Crippen LogP contribution >= 0.6 is 0 Å². The first kappa shape index (κ1) is 20.3. The molecular weight excluding hydrogens is 330 g/mol. The van der Waals surface area contributed by atoms with Crippen molar-refractivity contribution < 1.29 is 14.6 Å². The minimum Gasteiger partial charge on any atom is -0.497 e. The third-order valence-electron chi connectivity index (χ3n) is 4.13. The molecule has 0 saturated heterocycles. The number of aliphatic hydroxyl groups excluding tert-OH is 1. The predicted molar refractivity (Wildman–Crippen MR) is 103 cm³/mol. The molecule has 6 nitrogen and oxygen atoms in total. The normalized spacial score (nSPS) is 12.8. The molecule has 1 heterocycles. The minimum atomic E-state index is -0.557. The molecule has 2 aromatic rings. The van der Waals surface area contributed by atoms with Gasteiger partial charge < -0.3 is 24.5 Å². The van der Waals surface area contributed by atoms with Crippen molar-refractivity contribution in [3.05, 3.63) is 42.5 Å². The average Bonchev–Trinajstić information content (AvgIpc) is 3.12. The van der Waals surface area contributed by atoms with Gasteiger partial charge in [0.25, 0.3) is 0 Å². The van der Waals surface area contributed by atoms with E-state index in [0.29, 0.717) is 6.54 Å². The summed E-state index contributed by atoms with van der Waals surface area (Å²) in [6.07, 6.45) is 5.96. The van der Waals surface area contributed by atoms with Gasteiger partial charge in [-0.3, -0.25) is 0 Å². The van der Waals surface area contributed by atoms with Crippen LogP contribution in [-0.4, -0.2) is 47.6 Å². The highest BCUT2D eigenvalue weighted by atomic mass is 16.5. The first-order chi connectivity index (χ1) is 12.4. The van der Waals surface area contributed by atoms with Crippen molar-refractivity contribution in [2.24, 2.45) is 0 Å². The lowest BCUT2D eigenvalue weighted by Gasteiger charge is -2.24. The van der Waals surface area contributed by atoms with Gasteiger partial charge in [0.2, 0.25) is 0 Å². The highest BCUT2D eigenvalue weighted by Gasteiger charge is 2.20. The van der Waals surface area contributed by atoms with Gasteiger partial charge in [-0.05, 0) is 36.6 Å². The Hall–Kier alpha value is -2.05. The van der Waals surface area contributed by atoms with E-state index in [1.54, 1.807) is 13.3 Å². The van der Waals surface area contributed by atoms with E-state index in [1.165, 1.54) is 0 Å². The average molecular weight is 361 g/mol. The molecule has 6 heteroatoms. The molecular formula is C20H31N3O3. The van der Waals surface area contributed by atoms with Gasteiger partial charge in [0.05, 0.1) is 13.4 Å². The number of aryl methyl sites for hydroxylation is 1. The Kier molecular flexibility index (Phi) is 7.48. The van der Waals surface area contributed by atoms with Crippen LogP contribution in [0.15, 0.2) is 36.9 Å². The second-order valence-corrected chi connectivity index (χ2v) is 7.44. The van der Waals surface area contributed by atoms with Crippen molar-refractivity contribution in [3.8, 4) is 11.5 Å². The molecule has 1 atom stereocenters. The summed E-state index contributed by atoms with van der Waals surface area (Å²) in [6.45, 7) is 8.91. The summed E-state index contributed by atoms with van der Waals surface area (Å²) in [7, 11) is 1.66. The third kappa shape index (κ3) is 6.35. The zero-order chi connectivity index (χ0) is 19.0. The van der Waals surface area contributed by atoms with Gasteiger partial charge in [0, 0.05) is 31.0 Å². The number of aliphatic hydroxyl groups is 1. The Morgan fingerprint density at radius 3 is 2.77 bits per heavy atom. The number of hydrogen-bond donors (Lipinski definition) is 2. The number of nitrogens with zero attached hydrogens (tertiary/aromatic N) is 2. The summed E-state index contributed by atoms with van der Waals surface area (Å²) in [5.74, 6) is 1.60. The van der Waals surface area contributed by atoms with Gasteiger partial charge in [0.15, 0.2) is 0 Å². The molecule has 2 N–H and O–H groups in total. The van der Waals surface area contributed by atoms with E-state index in [0.717, 1.165) is 36.6 Å². The van der Waals surface area contributed by atoms with Crippen LogP contribution in [0.25, 0.3) is 0 Å². The molecule has 144 valence electrons. The largest absolute Gasteiger partial charge is 0.497 e. The van der Waals surface area contributed by atoms with Crippen LogP contribution in [0, 0.1) is 0 Å². The standard InChI is InChI=1S/C20H31N3O3/c1-20(2,3)18-12-17(25-4)6-7-19(18)26-14-16(24)13-21-8-5-10-23-11-9-22-15-23/h6-7,9,11-12,15-16,21,24H,5,8,10,13-14H2,1-4H3/t16-/m0/s1. The van der Waals surface area contributed by atoms with Crippen LogP contribution in [-0.2, 0) is 12.0 Å². The predicted octanol–water partition coefficient (Wildman–Crippen LogP) is 2.61. The molecule has 0 saturated carbocycles.